The smallest absolute Gasteiger partial charge is 0.153 e. The molecule has 0 aliphatic rings. The second kappa shape index (κ2) is 4.18. The molecule has 0 atom stereocenters. The number of hydrogen-bond donors (Lipinski definition) is 0. The van der Waals surface area contributed by atoms with Gasteiger partial charge in [-0.05, 0) is 25.5 Å². The maximum Gasteiger partial charge on any atom is 0.153 e. The van der Waals surface area contributed by atoms with Gasteiger partial charge in [0.2, 0.25) is 0 Å². The van der Waals surface area contributed by atoms with Gasteiger partial charge in [-0.25, -0.2) is 8.42 Å². The molecule has 0 aliphatic carbocycles. The average molecular weight is 251 g/mol. The van der Waals surface area contributed by atoms with Crippen LogP contribution in [0.2, 0.25) is 0 Å². The van der Waals surface area contributed by atoms with E-state index < -0.39 is 9.84 Å². The quantitative estimate of drug-likeness (QED) is 0.840. The molecule has 4 heteroatoms. The van der Waals surface area contributed by atoms with Gasteiger partial charge < -0.3 is 4.57 Å². The molecule has 0 spiro atoms. The Morgan fingerprint density at radius 3 is 2.59 bits per heavy atom. The molecule has 1 heterocycles. The topological polar surface area (TPSA) is 39.1 Å². The van der Waals surface area contributed by atoms with Crippen LogP contribution in [0.5, 0.6) is 0 Å². The summed E-state index contributed by atoms with van der Waals surface area (Å²) in [6, 6.07) is 8.06. The zero-order valence-corrected chi connectivity index (χ0v) is 11.2. The number of fused-ring (bicyclic) bond motifs is 1. The minimum atomic E-state index is -2.99. The molecule has 0 bridgehead atoms. The molecule has 1 aromatic heterocycles. The molecule has 1 aromatic carbocycles. The summed E-state index contributed by atoms with van der Waals surface area (Å²) < 4.78 is 24.9. The Balaban J connectivity index is 2.69. The Bertz CT molecular complexity index is 653. The average Bonchev–Trinajstić information content (AvgIpc) is 2.53. The Morgan fingerprint density at radius 1 is 1.29 bits per heavy atom. The summed E-state index contributed by atoms with van der Waals surface area (Å²) in [6.45, 7) is 4.88. The summed E-state index contributed by atoms with van der Waals surface area (Å²) in [4.78, 5) is 0. The van der Waals surface area contributed by atoms with Gasteiger partial charge in [0.25, 0.3) is 0 Å². The van der Waals surface area contributed by atoms with Crippen LogP contribution >= 0.6 is 0 Å². The van der Waals surface area contributed by atoms with Crippen LogP contribution in [-0.4, -0.2) is 19.2 Å². The second-order valence-electron chi connectivity index (χ2n) is 4.46. The van der Waals surface area contributed by atoms with Crippen molar-refractivity contribution in [3.05, 3.63) is 35.5 Å². The van der Waals surface area contributed by atoms with E-state index in [1.807, 2.05) is 25.1 Å². The van der Waals surface area contributed by atoms with E-state index in [0.717, 1.165) is 23.1 Å². The number of sulfone groups is 1. The summed E-state index contributed by atoms with van der Waals surface area (Å²) in [7, 11) is -2.99. The maximum absolute atomic E-state index is 11.4. The lowest BCUT2D eigenvalue weighted by Gasteiger charge is -2.08. The zero-order valence-electron chi connectivity index (χ0n) is 10.4. The van der Waals surface area contributed by atoms with Crippen LogP contribution in [0.3, 0.4) is 0 Å². The van der Waals surface area contributed by atoms with Crippen molar-refractivity contribution in [1.29, 1.82) is 0 Å². The van der Waals surface area contributed by atoms with Gasteiger partial charge in [0.1, 0.15) is 0 Å². The van der Waals surface area contributed by atoms with E-state index in [1.54, 1.807) is 0 Å². The number of aromatic nitrogens is 1. The fourth-order valence-corrected chi connectivity index (χ4v) is 3.09. The molecule has 0 saturated heterocycles. The summed E-state index contributed by atoms with van der Waals surface area (Å²) in [6.07, 6.45) is 1.28. The van der Waals surface area contributed by atoms with Crippen LogP contribution in [0, 0.1) is 6.92 Å². The number of para-hydroxylation sites is 1. The minimum absolute atomic E-state index is 0.106. The molecule has 17 heavy (non-hydrogen) atoms. The lowest BCUT2D eigenvalue weighted by molar-refractivity contribution is 0.598. The van der Waals surface area contributed by atoms with Gasteiger partial charge in [-0.15, -0.1) is 0 Å². The van der Waals surface area contributed by atoms with Gasteiger partial charge in [-0.1, -0.05) is 18.2 Å². The fourth-order valence-electron chi connectivity index (χ4n) is 2.32. The fraction of sp³-hybridized carbons (Fsp3) is 0.385. The van der Waals surface area contributed by atoms with Gasteiger partial charge in [-0.2, -0.15) is 0 Å². The zero-order chi connectivity index (χ0) is 12.6. The van der Waals surface area contributed by atoms with E-state index in [4.69, 9.17) is 0 Å². The minimum Gasteiger partial charge on any atom is -0.344 e. The Hall–Kier alpha value is -1.29. The molecular weight excluding hydrogens is 234 g/mol. The SMILES string of the molecule is CCn1c(CS(C)(=O)=O)cc2cccc(C)c21. The van der Waals surface area contributed by atoms with E-state index in [-0.39, 0.29) is 5.75 Å². The molecule has 2 aromatic rings. The van der Waals surface area contributed by atoms with Crippen molar-refractivity contribution in [2.75, 3.05) is 6.26 Å². The van der Waals surface area contributed by atoms with Gasteiger partial charge in [0, 0.05) is 23.9 Å². The third-order valence-corrected chi connectivity index (χ3v) is 3.75. The molecule has 2 rings (SSSR count). The van der Waals surface area contributed by atoms with Crippen molar-refractivity contribution in [3.8, 4) is 0 Å². The highest BCUT2D eigenvalue weighted by Gasteiger charge is 2.13. The number of nitrogens with zero attached hydrogens (tertiary/aromatic N) is 1. The predicted octanol–water partition coefficient (Wildman–Crippen LogP) is 2.51. The van der Waals surface area contributed by atoms with Crippen LogP contribution in [-0.2, 0) is 22.1 Å². The molecule has 0 fully saturated rings. The van der Waals surface area contributed by atoms with Crippen LogP contribution in [0.1, 0.15) is 18.2 Å². The summed E-state index contributed by atoms with van der Waals surface area (Å²) in [5.74, 6) is 0.106. The van der Waals surface area contributed by atoms with Crippen LogP contribution in [0.15, 0.2) is 24.3 Å². The number of aryl methyl sites for hydroxylation is 2. The van der Waals surface area contributed by atoms with Crippen molar-refractivity contribution in [3.63, 3.8) is 0 Å². The molecule has 0 amide bonds. The summed E-state index contributed by atoms with van der Waals surface area (Å²) in [5, 5.41) is 1.12. The highest BCUT2D eigenvalue weighted by Crippen LogP contribution is 2.24. The monoisotopic (exact) mass is 251 g/mol. The van der Waals surface area contributed by atoms with E-state index in [1.165, 1.54) is 11.8 Å². The molecule has 0 aliphatic heterocycles. The summed E-state index contributed by atoms with van der Waals surface area (Å²) in [5.41, 5.74) is 3.21. The van der Waals surface area contributed by atoms with Crippen LogP contribution < -0.4 is 0 Å². The van der Waals surface area contributed by atoms with Gasteiger partial charge in [-0.3, -0.25) is 0 Å². The van der Waals surface area contributed by atoms with E-state index in [0.29, 0.717) is 0 Å². The number of benzene rings is 1. The van der Waals surface area contributed by atoms with Crippen molar-refractivity contribution in [2.24, 2.45) is 0 Å². The number of hydrogen-bond acceptors (Lipinski definition) is 2. The molecule has 0 saturated carbocycles. The first kappa shape index (κ1) is 12.2. The van der Waals surface area contributed by atoms with Crippen LogP contribution in [0.25, 0.3) is 10.9 Å². The van der Waals surface area contributed by atoms with E-state index in [9.17, 15) is 8.42 Å². The maximum atomic E-state index is 11.4. The Labute approximate surface area is 102 Å². The summed E-state index contributed by atoms with van der Waals surface area (Å²) >= 11 is 0. The van der Waals surface area contributed by atoms with Gasteiger partial charge >= 0.3 is 0 Å². The van der Waals surface area contributed by atoms with E-state index in [2.05, 4.69) is 17.6 Å². The molecular formula is C13H17NO2S. The van der Waals surface area contributed by atoms with Crippen molar-refractivity contribution >= 4 is 20.7 Å². The highest BCUT2D eigenvalue weighted by molar-refractivity contribution is 7.89. The molecule has 0 radical (unpaired) electrons. The van der Waals surface area contributed by atoms with Crippen LogP contribution in [0.4, 0.5) is 0 Å². The normalized spacial score (nSPS) is 12.2. The first-order valence-corrected chi connectivity index (χ1v) is 7.74. The highest BCUT2D eigenvalue weighted by atomic mass is 32.2. The third kappa shape index (κ3) is 2.36. The Morgan fingerprint density at radius 2 is 2.00 bits per heavy atom. The first-order valence-electron chi connectivity index (χ1n) is 5.68. The molecule has 0 unspecified atom stereocenters. The number of rotatable bonds is 3. The van der Waals surface area contributed by atoms with Gasteiger partial charge in [0.05, 0.1) is 11.3 Å². The first-order chi connectivity index (χ1) is 7.92. The lowest BCUT2D eigenvalue weighted by atomic mass is 10.2. The van der Waals surface area contributed by atoms with Crippen molar-refractivity contribution in [1.82, 2.24) is 4.57 Å². The molecule has 0 N–H and O–H groups in total. The largest absolute Gasteiger partial charge is 0.344 e. The second-order valence-corrected chi connectivity index (χ2v) is 6.60. The molecule has 3 nitrogen and oxygen atoms in total. The van der Waals surface area contributed by atoms with Gasteiger partial charge in [0.15, 0.2) is 9.84 Å². The van der Waals surface area contributed by atoms with Crippen molar-refractivity contribution in [2.45, 2.75) is 26.1 Å². The molecule has 92 valence electrons. The third-order valence-electron chi connectivity index (χ3n) is 2.93. The predicted molar refractivity (Wildman–Crippen MR) is 70.9 cm³/mol. The van der Waals surface area contributed by atoms with Crippen molar-refractivity contribution < 1.29 is 8.42 Å². The van der Waals surface area contributed by atoms with E-state index >= 15 is 0 Å². The lowest BCUT2D eigenvalue weighted by Crippen LogP contribution is -2.07. The standard InChI is InChI=1S/C13H17NO2S/c1-4-14-12(9-17(3,15)16)8-11-7-5-6-10(2)13(11)14/h5-8H,4,9H2,1-3H3. The Kier molecular flexibility index (Phi) is 3.00.